The molecule has 95 heavy (non-hydrogen) atoms. The van der Waals surface area contributed by atoms with Gasteiger partial charge < -0.3 is 29.9 Å². The fourth-order valence-electron chi connectivity index (χ4n) is 11.6. The van der Waals surface area contributed by atoms with Crippen LogP contribution in [0.1, 0.15) is 161 Å². The minimum Gasteiger partial charge on any atom is -0.573 e. The summed E-state index contributed by atoms with van der Waals surface area (Å²) >= 11 is 7.77. The van der Waals surface area contributed by atoms with E-state index in [0.29, 0.717) is 35.8 Å². The third kappa shape index (κ3) is 19.8. The maximum Gasteiger partial charge on any atom is 2.00 e. The quantitative estimate of drug-likeness (QED) is 0.0230. The van der Waals surface area contributed by atoms with Crippen LogP contribution in [0.2, 0.25) is 0 Å². The van der Waals surface area contributed by atoms with Gasteiger partial charge in [-0.15, -0.1) is 45.3 Å². The van der Waals surface area contributed by atoms with Crippen LogP contribution in [0.15, 0.2) is 146 Å². The summed E-state index contributed by atoms with van der Waals surface area (Å²) in [5.41, 5.74) is 11.5. The standard InChI is InChI=1S/2C33H38N3S2.C12H8N2O4.Ru/c2*1-4-6-8-10-12-25-14-16-31(37-25)24-21-28(32-17-15-26(38-32)13-11-9-7-5-2)27-18-19-34-33(29(27)22-24)30-20-23(3)35-36-30;15-7-17-9-1-3-13-11(5-9)12-6-10(18-8-16)2-4-14-12;/h2*14-22H,4-13H2,1-3H3;1-8H;/q2*-1;;+2. The number of rotatable bonds is 31. The Hall–Kier alpha value is -7.66. The van der Waals surface area contributed by atoms with Crippen LogP contribution < -0.4 is 19.7 Å². The molecular weight excluding hydrogens is 1340 g/mol. The number of aromatic nitrogens is 8. The summed E-state index contributed by atoms with van der Waals surface area (Å²) < 4.78 is 9.42. The number of fused-ring (bicyclic) bond motifs is 2. The molecule has 17 heteroatoms. The summed E-state index contributed by atoms with van der Waals surface area (Å²) in [6.45, 7) is 13.7. The van der Waals surface area contributed by atoms with Crippen molar-refractivity contribution >= 4 is 79.8 Å². The third-order valence-corrected chi connectivity index (χ3v) is 21.3. The molecule has 0 saturated carbocycles. The Balaban J connectivity index is 0.000000177. The van der Waals surface area contributed by atoms with Crippen LogP contribution in [0.4, 0.5) is 0 Å². The van der Waals surface area contributed by atoms with E-state index in [-0.39, 0.29) is 19.5 Å². The summed E-state index contributed by atoms with van der Waals surface area (Å²) in [6, 6.07) is 42.6. The first kappa shape index (κ1) is 71.6. The van der Waals surface area contributed by atoms with Gasteiger partial charge in [-0.25, -0.2) is 0 Å². The van der Waals surface area contributed by atoms with E-state index in [9.17, 15) is 9.59 Å². The van der Waals surface area contributed by atoms with Gasteiger partial charge in [0, 0.05) is 109 Å². The molecule has 0 amide bonds. The topological polar surface area (TPSA) is 158 Å². The molecule has 12 aromatic rings. The van der Waals surface area contributed by atoms with Crippen LogP contribution >= 0.6 is 45.3 Å². The molecule has 2 aromatic carbocycles. The minimum atomic E-state index is 0. The number of nitrogens with zero attached hydrogens (tertiary/aromatic N) is 8. The van der Waals surface area contributed by atoms with Crippen molar-refractivity contribution in [2.24, 2.45) is 0 Å². The van der Waals surface area contributed by atoms with Gasteiger partial charge in [-0.2, -0.15) is 0 Å². The molecule has 0 bridgehead atoms. The molecule has 0 saturated heterocycles. The van der Waals surface area contributed by atoms with E-state index in [2.05, 4.69) is 143 Å². The van der Waals surface area contributed by atoms with Gasteiger partial charge >= 0.3 is 19.5 Å². The average Bonchev–Trinajstić information content (AvgIpc) is 1.76. The predicted octanol–water partition coefficient (Wildman–Crippen LogP) is 21.7. The van der Waals surface area contributed by atoms with E-state index in [1.807, 2.05) is 83.7 Å². The Labute approximate surface area is 588 Å². The van der Waals surface area contributed by atoms with Gasteiger partial charge in [-0.05, 0) is 184 Å². The van der Waals surface area contributed by atoms with Crippen molar-refractivity contribution in [2.45, 2.75) is 170 Å². The van der Waals surface area contributed by atoms with Gasteiger partial charge in [0.15, 0.2) is 0 Å². The van der Waals surface area contributed by atoms with E-state index >= 15 is 0 Å². The number of pyridine rings is 4. The molecule has 0 spiro atoms. The van der Waals surface area contributed by atoms with Crippen molar-refractivity contribution < 1.29 is 38.5 Å². The van der Waals surface area contributed by atoms with Gasteiger partial charge in [0.1, 0.15) is 11.5 Å². The molecule has 0 aliphatic rings. The van der Waals surface area contributed by atoms with Gasteiger partial charge in [0.25, 0.3) is 12.9 Å². The number of carbonyl (C=O) groups is 2. The number of unbranched alkanes of at least 4 members (excludes halogenated alkanes) is 12. The fourth-order valence-corrected chi connectivity index (χ4v) is 15.8. The Kier molecular flexibility index (Phi) is 27.9. The summed E-state index contributed by atoms with van der Waals surface area (Å²) in [5.74, 6) is 0.719. The Morgan fingerprint density at radius 1 is 0.379 bits per heavy atom. The molecule has 10 heterocycles. The van der Waals surface area contributed by atoms with E-state index in [1.54, 1.807) is 24.3 Å². The second-order valence-electron chi connectivity index (χ2n) is 23.8. The summed E-state index contributed by atoms with van der Waals surface area (Å²) in [5, 5.41) is 22.2. The first-order valence-electron chi connectivity index (χ1n) is 33.4. The van der Waals surface area contributed by atoms with Crippen LogP contribution in [-0.2, 0) is 54.8 Å². The molecule has 0 unspecified atom stereocenters. The number of thiophene rings is 4. The average molecular weight is 1430 g/mol. The number of carbonyl (C=O) groups excluding carboxylic acids is 2. The molecule has 0 radical (unpaired) electrons. The van der Waals surface area contributed by atoms with E-state index in [4.69, 9.17) is 19.4 Å². The Morgan fingerprint density at radius 3 is 1.06 bits per heavy atom. The number of benzene rings is 2. The first-order valence-corrected chi connectivity index (χ1v) is 36.7. The second kappa shape index (κ2) is 37.0. The van der Waals surface area contributed by atoms with Crippen molar-refractivity contribution in [1.82, 2.24) is 40.3 Å². The fraction of sp³-hybridized carbons (Fsp3) is 0.333. The molecule has 0 aliphatic heterocycles. The van der Waals surface area contributed by atoms with Crippen LogP contribution in [0.3, 0.4) is 0 Å². The monoisotopic (exact) mass is 1430 g/mol. The molecule has 0 atom stereocenters. The molecule has 10 aromatic heterocycles. The van der Waals surface area contributed by atoms with Crippen molar-refractivity contribution in [3.63, 3.8) is 0 Å². The van der Waals surface area contributed by atoms with Crippen LogP contribution in [0.25, 0.3) is 97.5 Å². The summed E-state index contributed by atoms with van der Waals surface area (Å²) in [6.07, 6.45) is 32.3. The molecule has 492 valence electrons. The van der Waals surface area contributed by atoms with Gasteiger partial charge in [0.2, 0.25) is 0 Å². The maximum absolute atomic E-state index is 10.2. The zero-order valence-corrected chi connectivity index (χ0v) is 60.4. The van der Waals surface area contributed by atoms with Gasteiger partial charge in [-0.1, -0.05) is 128 Å². The normalized spacial score (nSPS) is 11.1. The smallest absolute Gasteiger partial charge is 0.573 e. The van der Waals surface area contributed by atoms with Crippen molar-refractivity contribution in [1.29, 1.82) is 0 Å². The zero-order chi connectivity index (χ0) is 65.4. The molecule has 0 N–H and O–H groups in total. The molecule has 0 aliphatic carbocycles. The minimum absolute atomic E-state index is 0. The third-order valence-electron chi connectivity index (χ3n) is 16.5. The second-order valence-corrected chi connectivity index (χ2v) is 28.5. The van der Waals surface area contributed by atoms with E-state index in [1.165, 1.54) is 213 Å². The zero-order valence-electron chi connectivity index (χ0n) is 55.4. The van der Waals surface area contributed by atoms with E-state index in [0.717, 1.165) is 44.9 Å². The molecular formula is C78H84N8O4RuS4. The first-order chi connectivity index (χ1) is 46.1. The molecule has 12 nitrogen and oxygen atoms in total. The van der Waals surface area contributed by atoms with Crippen LogP contribution in [0, 0.1) is 13.8 Å². The summed E-state index contributed by atoms with van der Waals surface area (Å²) in [4.78, 5) is 49.5. The number of ether oxygens (including phenoxy) is 2. The molecule has 0 fully saturated rings. The summed E-state index contributed by atoms with van der Waals surface area (Å²) in [7, 11) is 0. The largest absolute Gasteiger partial charge is 2.00 e. The van der Waals surface area contributed by atoms with Crippen molar-refractivity contribution in [3.8, 4) is 87.4 Å². The predicted molar refractivity (Wildman–Crippen MR) is 392 cm³/mol. The van der Waals surface area contributed by atoms with Crippen LogP contribution in [-0.4, -0.2) is 43.1 Å². The van der Waals surface area contributed by atoms with Gasteiger partial charge in [-0.3, -0.25) is 29.5 Å². The van der Waals surface area contributed by atoms with Crippen molar-refractivity contribution in [2.75, 3.05) is 0 Å². The Morgan fingerprint density at radius 2 is 0.726 bits per heavy atom. The number of aryl methyl sites for hydroxylation is 6. The number of hydrogen-bond donors (Lipinski definition) is 0. The maximum atomic E-state index is 10.2. The molecule has 12 rings (SSSR count). The van der Waals surface area contributed by atoms with Crippen molar-refractivity contribution in [3.05, 3.63) is 177 Å². The van der Waals surface area contributed by atoms with Gasteiger partial charge in [0.05, 0.1) is 22.8 Å². The number of hydrogen-bond acceptors (Lipinski definition) is 14. The SMILES string of the molecule is CCCCCCc1ccc(-c2cc(-c3ccc(CCCCCC)s3)c3ccnc(-c4cc(C)n[n-]4)c3c2)s1.CCCCCCc1ccc(-c2cc(-c3ccc(CCCCCC)s3)c3ccnc(-c4cc(C)n[n-]4)c3c2)s1.O=COc1ccnc(-c2cc(OC=O)ccn2)c1.[Ru+2]. The van der Waals surface area contributed by atoms with Crippen LogP contribution in [0.5, 0.6) is 11.5 Å². The Bertz CT molecular complexity index is 4090. The van der Waals surface area contributed by atoms with E-state index < -0.39 is 0 Å².